The van der Waals surface area contributed by atoms with Gasteiger partial charge < -0.3 is 9.52 Å². The van der Waals surface area contributed by atoms with Crippen molar-refractivity contribution in [3.8, 4) is 17.5 Å². The van der Waals surface area contributed by atoms with E-state index in [9.17, 15) is 5.11 Å². The van der Waals surface area contributed by atoms with Gasteiger partial charge in [0.1, 0.15) is 0 Å². The lowest BCUT2D eigenvalue weighted by Crippen LogP contribution is -2.41. The van der Waals surface area contributed by atoms with Crippen LogP contribution in [0, 0.1) is 11.8 Å². The molecule has 3 unspecified atom stereocenters. The normalized spacial score (nSPS) is 21.6. The summed E-state index contributed by atoms with van der Waals surface area (Å²) in [5.41, 5.74) is 1.18. The summed E-state index contributed by atoms with van der Waals surface area (Å²) in [7, 11) is 0. The van der Waals surface area contributed by atoms with Crippen LogP contribution in [-0.4, -0.2) is 37.7 Å². The van der Waals surface area contributed by atoms with Crippen molar-refractivity contribution in [2.45, 2.75) is 26.3 Å². The summed E-state index contributed by atoms with van der Waals surface area (Å²) in [5.74, 6) is 2.49. The van der Waals surface area contributed by atoms with Gasteiger partial charge in [0.05, 0.1) is 17.2 Å². The minimum Gasteiger partial charge on any atom is -0.492 e. The van der Waals surface area contributed by atoms with E-state index >= 15 is 0 Å². The lowest BCUT2D eigenvalue weighted by Gasteiger charge is -2.40. The van der Waals surface area contributed by atoms with Crippen LogP contribution in [0.5, 0.6) is 5.88 Å². The predicted molar refractivity (Wildman–Crippen MR) is 113 cm³/mol. The van der Waals surface area contributed by atoms with Gasteiger partial charge >= 0.3 is 0 Å². The zero-order chi connectivity index (χ0) is 20.0. The van der Waals surface area contributed by atoms with E-state index < -0.39 is 0 Å². The first-order valence-electron chi connectivity index (χ1n) is 10.0. The molecule has 0 aliphatic carbocycles. The number of benzene rings is 1. The molecule has 1 fully saturated rings. The van der Waals surface area contributed by atoms with Gasteiger partial charge in [0.15, 0.2) is 5.76 Å². The van der Waals surface area contributed by atoms with Gasteiger partial charge in [0.2, 0.25) is 16.7 Å². The van der Waals surface area contributed by atoms with Gasteiger partial charge in [0, 0.05) is 13.1 Å². The first-order chi connectivity index (χ1) is 14.1. The van der Waals surface area contributed by atoms with Crippen molar-refractivity contribution in [2.75, 3.05) is 13.1 Å². The van der Waals surface area contributed by atoms with E-state index in [0.717, 1.165) is 18.0 Å². The molecule has 29 heavy (non-hydrogen) atoms. The Morgan fingerprint density at radius 2 is 1.86 bits per heavy atom. The zero-order valence-corrected chi connectivity index (χ0v) is 17.3. The second kappa shape index (κ2) is 7.31. The highest BCUT2D eigenvalue weighted by molar-refractivity contribution is 7.17. The summed E-state index contributed by atoms with van der Waals surface area (Å²) in [4.78, 5) is 8.64. The maximum atomic E-state index is 11.1. The molecule has 4 heterocycles. The van der Waals surface area contributed by atoms with Gasteiger partial charge in [0.25, 0.3) is 0 Å². The molecule has 3 aromatic heterocycles. The van der Waals surface area contributed by atoms with Crippen molar-refractivity contribution in [2.24, 2.45) is 11.8 Å². The third-order valence-electron chi connectivity index (χ3n) is 5.57. The molecule has 1 saturated heterocycles. The summed E-state index contributed by atoms with van der Waals surface area (Å²) in [6.45, 7) is 6.63. The highest BCUT2D eigenvalue weighted by Gasteiger charge is 2.33. The molecular weight excluding hydrogens is 384 g/mol. The van der Waals surface area contributed by atoms with E-state index in [4.69, 9.17) is 4.42 Å². The number of aromatic nitrogens is 3. The van der Waals surface area contributed by atoms with Crippen LogP contribution in [0.1, 0.15) is 36.8 Å². The quantitative estimate of drug-likeness (QED) is 0.524. The van der Waals surface area contributed by atoms with Crippen molar-refractivity contribution >= 4 is 16.3 Å². The monoisotopic (exact) mass is 408 g/mol. The van der Waals surface area contributed by atoms with Crippen LogP contribution in [-0.2, 0) is 0 Å². The Kier molecular flexibility index (Phi) is 4.64. The molecule has 1 aliphatic heterocycles. The Morgan fingerprint density at radius 3 is 2.52 bits per heavy atom. The van der Waals surface area contributed by atoms with Crippen molar-refractivity contribution in [1.29, 1.82) is 0 Å². The van der Waals surface area contributed by atoms with Crippen LogP contribution < -0.4 is 0 Å². The average molecular weight is 409 g/mol. The van der Waals surface area contributed by atoms with Crippen molar-refractivity contribution in [3.63, 3.8) is 0 Å². The number of rotatable bonds is 4. The molecule has 1 N–H and O–H groups in total. The van der Waals surface area contributed by atoms with Gasteiger partial charge in [-0.25, -0.2) is 0 Å². The molecule has 1 aromatic carbocycles. The highest BCUT2D eigenvalue weighted by atomic mass is 32.1. The lowest BCUT2D eigenvalue weighted by atomic mass is 9.89. The summed E-state index contributed by atoms with van der Waals surface area (Å²) in [6.07, 6.45) is 2.84. The number of nitrogens with zero attached hydrogens (tertiary/aromatic N) is 4. The third kappa shape index (κ3) is 3.34. The molecule has 0 saturated carbocycles. The maximum absolute atomic E-state index is 11.1. The molecule has 0 spiro atoms. The van der Waals surface area contributed by atoms with E-state index in [2.05, 4.69) is 53.1 Å². The first kappa shape index (κ1) is 18.4. The molecule has 150 valence electrons. The molecule has 5 rings (SSSR count). The van der Waals surface area contributed by atoms with Crippen molar-refractivity contribution in [3.05, 3.63) is 59.2 Å². The lowest BCUT2D eigenvalue weighted by molar-refractivity contribution is 0.112. The molecule has 6 nitrogen and oxygen atoms in total. The zero-order valence-electron chi connectivity index (χ0n) is 16.5. The fourth-order valence-corrected chi connectivity index (χ4v) is 5.64. The summed E-state index contributed by atoms with van der Waals surface area (Å²) in [6, 6.07) is 14.0. The summed E-state index contributed by atoms with van der Waals surface area (Å²) in [5, 5.41) is 15.6. The van der Waals surface area contributed by atoms with Crippen LogP contribution in [0.25, 0.3) is 16.5 Å². The van der Waals surface area contributed by atoms with E-state index in [1.165, 1.54) is 27.8 Å². The Morgan fingerprint density at radius 1 is 1.10 bits per heavy atom. The van der Waals surface area contributed by atoms with Gasteiger partial charge in [-0.05, 0) is 36.0 Å². The number of thiazole rings is 1. The number of piperidine rings is 1. The molecule has 0 bridgehead atoms. The fraction of sp³-hybridized carbons (Fsp3) is 0.364. The maximum Gasteiger partial charge on any atom is 0.230 e. The average Bonchev–Trinajstić information content (AvgIpc) is 3.41. The van der Waals surface area contributed by atoms with Crippen molar-refractivity contribution in [1.82, 2.24) is 19.5 Å². The molecular formula is C22H24N4O2S. The molecule has 0 amide bonds. The largest absolute Gasteiger partial charge is 0.492 e. The van der Waals surface area contributed by atoms with Gasteiger partial charge in [-0.15, -0.1) is 5.10 Å². The SMILES string of the molecule is CC1CC(C)CN(C(c2ccccc2)c2sc3nc(-c4ccco4)nn3c2O)C1. The molecule has 4 aromatic rings. The topological polar surface area (TPSA) is 66.8 Å². The van der Waals surface area contributed by atoms with Crippen LogP contribution >= 0.6 is 11.3 Å². The number of likely N-dealkylation sites (tertiary alicyclic amines) is 1. The smallest absolute Gasteiger partial charge is 0.230 e. The van der Waals surface area contributed by atoms with Crippen LogP contribution in [0.2, 0.25) is 0 Å². The highest BCUT2D eigenvalue weighted by Crippen LogP contribution is 2.42. The fourth-order valence-electron chi connectivity index (χ4n) is 4.52. The van der Waals surface area contributed by atoms with E-state index in [-0.39, 0.29) is 11.9 Å². The number of hydrogen-bond acceptors (Lipinski definition) is 6. The van der Waals surface area contributed by atoms with E-state index in [1.807, 2.05) is 12.1 Å². The Labute approximate surface area is 173 Å². The number of furan rings is 1. The van der Waals surface area contributed by atoms with Gasteiger partial charge in [-0.1, -0.05) is 55.5 Å². The first-order valence-corrected chi connectivity index (χ1v) is 10.8. The minimum atomic E-state index is -0.0121. The Hall–Kier alpha value is -2.64. The van der Waals surface area contributed by atoms with Crippen LogP contribution in [0.3, 0.4) is 0 Å². The Bertz CT molecular complexity index is 1090. The minimum absolute atomic E-state index is 0.0121. The molecule has 3 atom stereocenters. The number of hydrogen-bond donors (Lipinski definition) is 1. The number of fused-ring (bicyclic) bond motifs is 1. The standard InChI is InChI=1S/C22H24N4O2S/c1-14-11-15(2)13-25(12-14)18(16-7-4-3-5-8-16)19-21(27)26-22(29-19)23-20(24-26)17-9-6-10-28-17/h3-10,14-15,18,27H,11-13H2,1-2H3. The molecule has 0 radical (unpaired) electrons. The van der Waals surface area contributed by atoms with Crippen molar-refractivity contribution < 1.29 is 9.52 Å². The summed E-state index contributed by atoms with van der Waals surface area (Å²) >= 11 is 1.50. The predicted octanol–water partition coefficient (Wildman–Crippen LogP) is 4.82. The third-order valence-corrected chi connectivity index (χ3v) is 6.64. The second-order valence-corrected chi connectivity index (χ2v) is 9.12. The Balaban J connectivity index is 1.59. The van der Waals surface area contributed by atoms with E-state index in [1.54, 1.807) is 12.3 Å². The molecule has 7 heteroatoms. The van der Waals surface area contributed by atoms with Crippen LogP contribution in [0.15, 0.2) is 53.1 Å². The van der Waals surface area contributed by atoms with Gasteiger partial charge in [-0.3, -0.25) is 4.90 Å². The van der Waals surface area contributed by atoms with Gasteiger partial charge in [-0.2, -0.15) is 9.50 Å². The van der Waals surface area contributed by atoms with Crippen LogP contribution in [0.4, 0.5) is 0 Å². The van der Waals surface area contributed by atoms with E-state index in [0.29, 0.717) is 28.4 Å². The molecule has 1 aliphatic rings. The second-order valence-electron chi connectivity index (χ2n) is 8.11. The summed E-state index contributed by atoms with van der Waals surface area (Å²) < 4.78 is 6.93. The number of aromatic hydroxyl groups is 1.